The second-order valence-corrected chi connectivity index (χ2v) is 3.88. The van der Waals surface area contributed by atoms with E-state index >= 15 is 0 Å². The van der Waals surface area contributed by atoms with Crippen LogP contribution >= 0.6 is 0 Å². The highest BCUT2D eigenvalue weighted by molar-refractivity contribution is 5.67. The Morgan fingerprint density at radius 3 is 2.67 bits per heavy atom. The minimum Gasteiger partial charge on any atom is -0.481 e. The number of aromatic nitrogens is 3. The number of hydrogen-bond donors (Lipinski definition) is 1. The van der Waals surface area contributed by atoms with Gasteiger partial charge in [0.2, 0.25) is 0 Å². The van der Waals surface area contributed by atoms with Crippen molar-refractivity contribution in [1.82, 2.24) is 14.8 Å². The van der Waals surface area contributed by atoms with Gasteiger partial charge in [-0.3, -0.25) is 9.48 Å². The van der Waals surface area contributed by atoms with Gasteiger partial charge >= 0.3 is 5.97 Å². The number of aliphatic carboxylic acids is 1. The molecule has 1 N–H and O–H groups in total. The number of benzene rings is 1. The quantitative estimate of drug-likeness (QED) is 0.894. The molecule has 0 spiro atoms. The van der Waals surface area contributed by atoms with Crippen LogP contribution in [0.25, 0.3) is 11.4 Å². The second kappa shape index (κ2) is 4.95. The van der Waals surface area contributed by atoms with E-state index in [-0.39, 0.29) is 12.2 Å². The number of rotatable bonds is 4. The fourth-order valence-corrected chi connectivity index (χ4v) is 1.57. The zero-order chi connectivity index (χ0) is 13.1. The van der Waals surface area contributed by atoms with Crippen molar-refractivity contribution in [2.75, 3.05) is 0 Å². The summed E-state index contributed by atoms with van der Waals surface area (Å²) in [5, 5.41) is 12.8. The van der Waals surface area contributed by atoms with Crippen molar-refractivity contribution in [1.29, 1.82) is 0 Å². The summed E-state index contributed by atoms with van der Waals surface area (Å²) < 4.78 is 14.3. The summed E-state index contributed by atoms with van der Waals surface area (Å²) in [7, 11) is 1.71. The normalized spacial score (nSPS) is 10.6. The molecule has 0 atom stereocenters. The van der Waals surface area contributed by atoms with Crippen molar-refractivity contribution in [3.63, 3.8) is 0 Å². The van der Waals surface area contributed by atoms with E-state index in [0.29, 0.717) is 23.6 Å². The molecule has 1 aromatic carbocycles. The molecule has 0 amide bonds. The number of aryl methyl sites for hydroxylation is 2. The summed E-state index contributed by atoms with van der Waals surface area (Å²) in [6, 6.07) is 5.85. The van der Waals surface area contributed by atoms with Crippen molar-refractivity contribution in [2.45, 2.75) is 12.8 Å². The molecule has 18 heavy (non-hydrogen) atoms. The molecule has 0 bridgehead atoms. The molecule has 0 aliphatic rings. The van der Waals surface area contributed by atoms with Crippen LogP contribution in [0.5, 0.6) is 0 Å². The number of halogens is 1. The smallest absolute Gasteiger partial charge is 0.303 e. The predicted octanol–water partition coefficient (Wildman–Crippen LogP) is 1.64. The Labute approximate surface area is 103 Å². The average molecular weight is 249 g/mol. The molecule has 0 unspecified atom stereocenters. The Bertz CT molecular complexity index is 563. The Balaban J connectivity index is 2.22. The number of nitrogens with zero attached hydrogens (tertiary/aromatic N) is 3. The Hall–Kier alpha value is -2.24. The number of carbonyl (C=O) groups is 1. The first-order valence-electron chi connectivity index (χ1n) is 5.44. The van der Waals surface area contributed by atoms with E-state index in [1.807, 2.05) is 0 Å². The van der Waals surface area contributed by atoms with E-state index in [2.05, 4.69) is 10.1 Å². The minimum atomic E-state index is -0.874. The van der Waals surface area contributed by atoms with Crippen LogP contribution in [0.2, 0.25) is 0 Å². The maximum atomic E-state index is 12.8. The van der Waals surface area contributed by atoms with Gasteiger partial charge in [0.25, 0.3) is 0 Å². The maximum absolute atomic E-state index is 12.8. The van der Waals surface area contributed by atoms with Gasteiger partial charge in [0.15, 0.2) is 5.82 Å². The first-order valence-corrected chi connectivity index (χ1v) is 5.44. The van der Waals surface area contributed by atoms with Crippen LogP contribution in [-0.2, 0) is 18.3 Å². The highest BCUT2D eigenvalue weighted by atomic mass is 19.1. The van der Waals surface area contributed by atoms with E-state index in [1.165, 1.54) is 12.1 Å². The lowest BCUT2D eigenvalue weighted by Crippen LogP contribution is -2.03. The first-order chi connectivity index (χ1) is 8.56. The fourth-order valence-electron chi connectivity index (χ4n) is 1.57. The van der Waals surface area contributed by atoms with Crippen molar-refractivity contribution in [2.24, 2.45) is 7.05 Å². The predicted molar refractivity (Wildman–Crippen MR) is 62.4 cm³/mol. The van der Waals surface area contributed by atoms with Gasteiger partial charge in [-0.25, -0.2) is 9.37 Å². The van der Waals surface area contributed by atoms with Crippen molar-refractivity contribution in [3.8, 4) is 11.4 Å². The van der Waals surface area contributed by atoms with Gasteiger partial charge in [-0.15, -0.1) is 0 Å². The van der Waals surface area contributed by atoms with Gasteiger partial charge < -0.3 is 5.11 Å². The SMILES string of the molecule is Cn1nc(-c2ccc(F)cc2)nc1CCC(=O)O. The van der Waals surface area contributed by atoms with Gasteiger partial charge in [0, 0.05) is 19.0 Å². The summed E-state index contributed by atoms with van der Waals surface area (Å²) in [5.41, 5.74) is 0.702. The topological polar surface area (TPSA) is 68.0 Å². The number of carboxylic acids is 1. The largest absolute Gasteiger partial charge is 0.481 e. The van der Waals surface area contributed by atoms with E-state index in [0.717, 1.165) is 0 Å². The van der Waals surface area contributed by atoms with Crippen molar-refractivity contribution < 1.29 is 14.3 Å². The Morgan fingerprint density at radius 1 is 1.39 bits per heavy atom. The van der Waals surface area contributed by atoms with Gasteiger partial charge in [-0.2, -0.15) is 5.10 Å². The third-order valence-electron chi connectivity index (χ3n) is 2.52. The van der Waals surface area contributed by atoms with Crippen LogP contribution in [0.1, 0.15) is 12.2 Å². The van der Waals surface area contributed by atoms with Crippen LogP contribution in [0, 0.1) is 5.82 Å². The molecule has 0 saturated carbocycles. The third kappa shape index (κ3) is 2.71. The molecule has 0 radical (unpaired) electrons. The molecule has 2 aromatic rings. The monoisotopic (exact) mass is 249 g/mol. The Morgan fingerprint density at radius 2 is 2.06 bits per heavy atom. The van der Waals surface area contributed by atoms with Crippen LogP contribution in [0.3, 0.4) is 0 Å². The lowest BCUT2D eigenvalue weighted by molar-refractivity contribution is -0.137. The van der Waals surface area contributed by atoms with Gasteiger partial charge in [0.05, 0.1) is 6.42 Å². The summed E-state index contributed by atoms with van der Waals surface area (Å²) in [6.45, 7) is 0. The highest BCUT2D eigenvalue weighted by Gasteiger charge is 2.10. The molecular weight excluding hydrogens is 237 g/mol. The Kier molecular flexibility index (Phi) is 3.36. The van der Waals surface area contributed by atoms with Crippen LogP contribution in [0.15, 0.2) is 24.3 Å². The average Bonchev–Trinajstić information content (AvgIpc) is 2.69. The molecule has 94 valence electrons. The molecule has 6 heteroatoms. The zero-order valence-electron chi connectivity index (χ0n) is 9.80. The van der Waals surface area contributed by atoms with Gasteiger partial charge in [-0.1, -0.05) is 0 Å². The molecule has 0 saturated heterocycles. The van der Waals surface area contributed by atoms with E-state index in [9.17, 15) is 9.18 Å². The van der Waals surface area contributed by atoms with Crippen LogP contribution in [-0.4, -0.2) is 25.8 Å². The highest BCUT2D eigenvalue weighted by Crippen LogP contribution is 2.16. The van der Waals surface area contributed by atoms with Gasteiger partial charge in [0.1, 0.15) is 11.6 Å². The molecular formula is C12H12FN3O2. The van der Waals surface area contributed by atoms with E-state index in [1.54, 1.807) is 23.9 Å². The fraction of sp³-hybridized carbons (Fsp3) is 0.250. The summed E-state index contributed by atoms with van der Waals surface area (Å²) >= 11 is 0. The van der Waals surface area contributed by atoms with Gasteiger partial charge in [-0.05, 0) is 24.3 Å². The molecule has 1 heterocycles. The lowest BCUT2D eigenvalue weighted by Gasteiger charge is -1.95. The van der Waals surface area contributed by atoms with E-state index in [4.69, 9.17) is 5.11 Å². The molecule has 0 aliphatic heterocycles. The first kappa shape index (κ1) is 12.2. The molecule has 1 aromatic heterocycles. The zero-order valence-corrected chi connectivity index (χ0v) is 9.80. The van der Waals surface area contributed by atoms with Crippen LogP contribution in [0.4, 0.5) is 4.39 Å². The van der Waals surface area contributed by atoms with Crippen molar-refractivity contribution >= 4 is 5.97 Å². The summed E-state index contributed by atoms with van der Waals surface area (Å²) in [6.07, 6.45) is 0.329. The third-order valence-corrected chi connectivity index (χ3v) is 2.52. The molecule has 5 nitrogen and oxygen atoms in total. The number of hydrogen-bond acceptors (Lipinski definition) is 3. The maximum Gasteiger partial charge on any atom is 0.303 e. The summed E-state index contributed by atoms with van der Waals surface area (Å²) in [5.74, 6) is -0.128. The molecule has 0 aliphatic carbocycles. The number of carboxylic acid groups (broad SMARTS) is 1. The standard InChI is InChI=1S/C12H12FN3O2/c1-16-10(6-7-11(17)18)14-12(15-16)8-2-4-9(13)5-3-8/h2-5H,6-7H2,1H3,(H,17,18). The van der Waals surface area contributed by atoms with Crippen molar-refractivity contribution in [3.05, 3.63) is 35.9 Å². The minimum absolute atomic E-state index is 0.00932. The van der Waals surface area contributed by atoms with E-state index < -0.39 is 5.97 Å². The second-order valence-electron chi connectivity index (χ2n) is 3.88. The lowest BCUT2D eigenvalue weighted by atomic mass is 10.2. The summed E-state index contributed by atoms with van der Waals surface area (Å²) in [4.78, 5) is 14.7. The molecule has 2 rings (SSSR count). The molecule has 0 fully saturated rings. The van der Waals surface area contributed by atoms with Crippen LogP contribution < -0.4 is 0 Å².